The third kappa shape index (κ3) is 3.22. The number of hydrogen-bond acceptors (Lipinski definition) is 3. The van der Waals surface area contributed by atoms with E-state index in [4.69, 9.17) is 16.3 Å². The standard InChI is InChI=1S/C16H21ClN2O2/c1-21-11-7-5-10(6-8-11)18-16(20)13-9-15(17)19-14-4-2-3-12(13)14/h9-11H,2-8H2,1H3,(H,18,20)/t10-,11-. The van der Waals surface area contributed by atoms with Crippen LogP contribution in [0.1, 0.15) is 53.7 Å². The maximum atomic E-state index is 12.5. The number of aromatic nitrogens is 1. The summed E-state index contributed by atoms with van der Waals surface area (Å²) in [6.07, 6.45) is 7.23. The number of amides is 1. The van der Waals surface area contributed by atoms with Crippen molar-refractivity contribution >= 4 is 17.5 Å². The second-order valence-electron chi connectivity index (χ2n) is 5.95. The number of fused-ring (bicyclic) bond motifs is 1. The van der Waals surface area contributed by atoms with E-state index < -0.39 is 0 Å². The van der Waals surface area contributed by atoms with Gasteiger partial charge >= 0.3 is 0 Å². The Labute approximate surface area is 130 Å². The molecule has 0 aromatic carbocycles. The first-order chi connectivity index (χ1) is 10.2. The van der Waals surface area contributed by atoms with Crippen molar-refractivity contribution in [1.29, 1.82) is 0 Å². The Balaban J connectivity index is 1.69. The van der Waals surface area contributed by atoms with Crippen LogP contribution in [0, 0.1) is 0 Å². The molecule has 0 spiro atoms. The quantitative estimate of drug-likeness (QED) is 0.874. The highest BCUT2D eigenvalue weighted by Gasteiger charge is 2.25. The monoisotopic (exact) mass is 308 g/mol. The van der Waals surface area contributed by atoms with Crippen LogP contribution in [0.4, 0.5) is 0 Å². The summed E-state index contributed by atoms with van der Waals surface area (Å²) in [4.78, 5) is 16.9. The van der Waals surface area contributed by atoms with Crippen molar-refractivity contribution in [2.24, 2.45) is 0 Å². The zero-order valence-corrected chi connectivity index (χ0v) is 13.1. The number of halogens is 1. The molecule has 0 bridgehead atoms. The zero-order chi connectivity index (χ0) is 14.8. The van der Waals surface area contributed by atoms with Crippen molar-refractivity contribution in [3.05, 3.63) is 28.0 Å². The lowest BCUT2D eigenvalue weighted by Gasteiger charge is -2.28. The van der Waals surface area contributed by atoms with Gasteiger partial charge in [-0.25, -0.2) is 4.98 Å². The SMILES string of the molecule is CO[C@H]1CC[C@H](NC(=O)c2cc(Cl)nc3c2CCC3)CC1. The minimum Gasteiger partial charge on any atom is -0.381 e. The Morgan fingerprint density at radius 2 is 2.10 bits per heavy atom. The Kier molecular flexibility index (Phi) is 4.45. The summed E-state index contributed by atoms with van der Waals surface area (Å²) in [7, 11) is 1.76. The summed E-state index contributed by atoms with van der Waals surface area (Å²) < 4.78 is 5.37. The summed E-state index contributed by atoms with van der Waals surface area (Å²) in [6, 6.07) is 1.95. The average molecular weight is 309 g/mol. The molecule has 2 aliphatic rings. The Morgan fingerprint density at radius 3 is 2.81 bits per heavy atom. The van der Waals surface area contributed by atoms with Crippen LogP contribution in [-0.4, -0.2) is 30.1 Å². The number of carbonyl (C=O) groups is 1. The van der Waals surface area contributed by atoms with Gasteiger partial charge in [-0.2, -0.15) is 0 Å². The number of carbonyl (C=O) groups excluding carboxylic acids is 1. The van der Waals surface area contributed by atoms with E-state index in [1.165, 1.54) is 0 Å². The molecule has 2 aliphatic carbocycles. The Bertz CT molecular complexity index is 539. The van der Waals surface area contributed by atoms with E-state index >= 15 is 0 Å². The fourth-order valence-electron chi connectivity index (χ4n) is 3.42. The molecule has 1 aromatic heterocycles. The summed E-state index contributed by atoms with van der Waals surface area (Å²) in [5, 5.41) is 3.58. The minimum atomic E-state index is -0.00156. The van der Waals surface area contributed by atoms with Gasteiger partial charge < -0.3 is 10.1 Å². The number of pyridine rings is 1. The second-order valence-corrected chi connectivity index (χ2v) is 6.34. The first kappa shape index (κ1) is 14.8. The molecule has 0 radical (unpaired) electrons. The highest BCUT2D eigenvalue weighted by atomic mass is 35.5. The molecule has 1 amide bonds. The summed E-state index contributed by atoms with van der Waals surface area (Å²) >= 11 is 6.05. The maximum Gasteiger partial charge on any atom is 0.251 e. The molecule has 1 aromatic rings. The first-order valence-electron chi connectivity index (χ1n) is 7.69. The molecule has 21 heavy (non-hydrogen) atoms. The highest BCUT2D eigenvalue weighted by molar-refractivity contribution is 6.29. The van der Waals surface area contributed by atoms with Crippen LogP contribution in [0.3, 0.4) is 0 Å². The van der Waals surface area contributed by atoms with Crippen LogP contribution in [0.25, 0.3) is 0 Å². The van der Waals surface area contributed by atoms with Gasteiger partial charge in [-0.15, -0.1) is 0 Å². The van der Waals surface area contributed by atoms with Crippen molar-refractivity contribution in [2.75, 3.05) is 7.11 Å². The number of hydrogen-bond donors (Lipinski definition) is 1. The van der Waals surface area contributed by atoms with Gasteiger partial charge in [-0.1, -0.05) is 11.6 Å². The number of aryl methyl sites for hydroxylation is 1. The molecule has 1 saturated carbocycles. The van der Waals surface area contributed by atoms with E-state index in [1.807, 2.05) is 0 Å². The van der Waals surface area contributed by atoms with Crippen LogP contribution in [0.15, 0.2) is 6.07 Å². The van der Waals surface area contributed by atoms with Gasteiger partial charge in [0.1, 0.15) is 5.15 Å². The lowest BCUT2D eigenvalue weighted by atomic mass is 9.92. The molecule has 3 rings (SSSR count). The molecule has 1 N–H and O–H groups in total. The number of ether oxygens (including phenoxy) is 1. The third-order valence-electron chi connectivity index (χ3n) is 4.61. The van der Waals surface area contributed by atoms with Crippen molar-refractivity contribution < 1.29 is 9.53 Å². The highest BCUT2D eigenvalue weighted by Crippen LogP contribution is 2.27. The number of nitrogens with zero attached hydrogens (tertiary/aromatic N) is 1. The Morgan fingerprint density at radius 1 is 1.33 bits per heavy atom. The largest absolute Gasteiger partial charge is 0.381 e. The fourth-order valence-corrected chi connectivity index (χ4v) is 3.63. The van der Waals surface area contributed by atoms with Crippen molar-refractivity contribution in [1.82, 2.24) is 10.3 Å². The van der Waals surface area contributed by atoms with Crippen LogP contribution < -0.4 is 5.32 Å². The van der Waals surface area contributed by atoms with Gasteiger partial charge in [0.15, 0.2) is 0 Å². The third-order valence-corrected chi connectivity index (χ3v) is 4.80. The first-order valence-corrected chi connectivity index (χ1v) is 8.07. The summed E-state index contributed by atoms with van der Waals surface area (Å²) in [6.45, 7) is 0. The van der Waals surface area contributed by atoms with Crippen LogP contribution in [-0.2, 0) is 17.6 Å². The summed E-state index contributed by atoms with van der Waals surface area (Å²) in [5.74, 6) is -0.00156. The van der Waals surface area contributed by atoms with Crippen LogP contribution in [0.2, 0.25) is 5.15 Å². The topological polar surface area (TPSA) is 51.2 Å². The van der Waals surface area contributed by atoms with Gasteiger partial charge in [0.25, 0.3) is 5.91 Å². The molecule has 1 fully saturated rings. The van der Waals surface area contributed by atoms with Crippen LogP contribution >= 0.6 is 11.6 Å². The maximum absolute atomic E-state index is 12.5. The molecule has 0 saturated heterocycles. The van der Waals surface area contributed by atoms with Gasteiger partial charge in [-0.05, 0) is 56.6 Å². The minimum absolute atomic E-state index is 0.00156. The number of methoxy groups -OCH3 is 1. The molecule has 0 aliphatic heterocycles. The molecular weight excluding hydrogens is 288 g/mol. The van der Waals surface area contributed by atoms with E-state index in [2.05, 4.69) is 10.3 Å². The predicted molar refractivity (Wildman–Crippen MR) is 81.8 cm³/mol. The molecule has 5 heteroatoms. The van der Waals surface area contributed by atoms with Gasteiger partial charge in [0, 0.05) is 24.4 Å². The average Bonchev–Trinajstić information content (AvgIpc) is 2.95. The van der Waals surface area contributed by atoms with E-state index in [0.717, 1.165) is 61.8 Å². The van der Waals surface area contributed by atoms with Gasteiger partial charge in [0.2, 0.25) is 0 Å². The van der Waals surface area contributed by atoms with Crippen LogP contribution in [0.5, 0.6) is 0 Å². The number of rotatable bonds is 3. The van der Waals surface area contributed by atoms with E-state index in [1.54, 1.807) is 13.2 Å². The Hall–Kier alpha value is -1.13. The fraction of sp³-hybridized carbons (Fsp3) is 0.625. The zero-order valence-electron chi connectivity index (χ0n) is 12.3. The lowest BCUT2D eigenvalue weighted by Crippen LogP contribution is -2.39. The van der Waals surface area contributed by atoms with Crippen molar-refractivity contribution in [2.45, 2.75) is 57.1 Å². The predicted octanol–water partition coefficient (Wildman–Crippen LogP) is 2.91. The molecular formula is C16H21ClN2O2. The van der Waals surface area contributed by atoms with Crippen molar-refractivity contribution in [3.63, 3.8) is 0 Å². The second kappa shape index (κ2) is 6.32. The molecule has 114 valence electrons. The number of nitrogens with one attached hydrogen (secondary N) is 1. The van der Waals surface area contributed by atoms with E-state index in [0.29, 0.717) is 11.3 Å². The smallest absolute Gasteiger partial charge is 0.251 e. The van der Waals surface area contributed by atoms with Gasteiger partial charge in [0.05, 0.1) is 6.10 Å². The molecule has 1 heterocycles. The molecule has 4 nitrogen and oxygen atoms in total. The normalized spacial score (nSPS) is 24.7. The van der Waals surface area contributed by atoms with Crippen molar-refractivity contribution in [3.8, 4) is 0 Å². The molecule has 0 atom stereocenters. The van der Waals surface area contributed by atoms with E-state index in [-0.39, 0.29) is 11.9 Å². The molecule has 0 unspecified atom stereocenters. The lowest BCUT2D eigenvalue weighted by molar-refractivity contribution is 0.0599. The van der Waals surface area contributed by atoms with Gasteiger partial charge in [-0.3, -0.25) is 4.79 Å². The van der Waals surface area contributed by atoms with E-state index in [9.17, 15) is 4.79 Å². The summed E-state index contributed by atoms with van der Waals surface area (Å²) in [5.41, 5.74) is 2.80.